The van der Waals surface area contributed by atoms with Crippen molar-refractivity contribution in [3.05, 3.63) is 58.1 Å². The summed E-state index contributed by atoms with van der Waals surface area (Å²) in [6, 6.07) is 8.70. The average Bonchev–Trinajstić information content (AvgIpc) is 2.69. The van der Waals surface area contributed by atoms with Crippen LogP contribution in [-0.4, -0.2) is 31.4 Å². The average molecular weight is 473 g/mol. The first kappa shape index (κ1) is 26.9. The Hall–Kier alpha value is -2.39. The second-order valence-electron chi connectivity index (χ2n) is 10.2. The van der Waals surface area contributed by atoms with Gasteiger partial charge < -0.3 is 14.0 Å². The molecule has 2 aromatic rings. The summed E-state index contributed by atoms with van der Waals surface area (Å²) >= 11 is 0. The summed E-state index contributed by atoms with van der Waals surface area (Å²) < 4.78 is 25.4. The van der Waals surface area contributed by atoms with Gasteiger partial charge in [-0.3, -0.25) is 9.59 Å². The van der Waals surface area contributed by atoms with Crippen LogP contribution in [0.25, 0.3) is 0 Å². The Morgan fingerprint density at radius 3 is 1.79 bits per heavy atom. The molecule has 0 aliphatic carbocycles. The molecule has 2 atom stereocenters. The quantitative estimate of drug-likeness (QED) is 0.366. The molecule has 0 saturated heterocycles. The zero-order valence-corrected chi connectivity index (χ0v) is 22.3. The molecule has 0 N–H and O–H groups in total. The number of hydrogen-bond acceptors (Lipinski definition) is 5. The number of rotatable bonds is 9. The summed E-state index contributed by atoms with van der Waals surface area (Å²) in [4.78, 5) is 28.0. The van der Waals surface area contributed by atoms with E-state index in [0.717, 1.165) is 23.1 Å². The fraction of sp³-hybridized carbons (Fsp3) is 0.481. The van der Waals surface area contributed by atoms with E-state index in [2.05, 4.69) is 20.8 Å². The first-order valence-corrected chi connectivity index (χ1v) is 13.1. The van der Waals surface area contributed by atoms with Gasteiger partial charge in [0.15, 0.2) is 0 Å². The first-order chi connectivity index (χ1) is 15.2. The molecule has 6 heteroatoms. The fourth-order valence-electron chi connectivity index (χ4n) is 4.75. The topological polar surface area (TPSA) is 69.7 Å². The molecule has 0 aromatic heterocycles. The molecule has 0 radical (unpaired) electrons. The molecular weight excluding hydrogens is 435 g/mol. The van der Waals surface area contributed by atoms with Crippen molar-refractivity contribution in [1.82, 2.24) is 0 Å². The van der Waals surface area contributed by atoms with Crippen molar-refractivity contribution in [3.63, 3.8) is 0 Å². The van der Waals surface area contributed by atoms with Gasteiger partial charge in [-0.2, -0.15) is 0 Å². The van der Waals surface area contributed by atoms with E-state index in [1.54, 1.807) is 18.2 Å². The molecule has 0 saturated carbocycles. The van der Waals surface area contributed by atoms with Crippen molar-refractivity contribution in [2.24, 2.45) is 11.3 Å². The van der Waals surface area contributed by atoms with Gasteiger partial charge in [-0.15, -0.1) is 0 Å². The van der Waals surface area contributed by atoms with E-state index in [9.17, 15) is 14.2 Å². The first-order valence-electron chi connectivity index (χ1n) is 11.2. The molecule has 33 heavy (non-hydrogen) atoms. The highest BCUT2D eigenvalue weighted by molar-refractivity contribution is 7.95. The Balaban J connectivity index is 2.73. The maximum Gasteiger partial charge on any atom is 0.236 e. The Labute approximate surface area is 198 Å². The SMILES string of the molecule is COc1cccc(OC)c1C(=O)P(=O)(CC(C)CC(C)(C)C)C(=O)c1c(C)cc(C)cc1C. The van der Waals surface area contributed by atoms with E-state index in [4.69, 9.17) is 9.47 Å². The van der Waals surface area contributed by atoms with Gasteiger partial charge in [-0.1, -0.05) is 51.5 Å². The zero-order valence-electron chi connectivity index (χ0n) is 21.4. The Morgan fingerprint density at radius 2 is 1.36 bits per heavy atom. The third kappa shape index (κ3) is 5.95. The largest absolute Gasteiger partial charge is 0.496 e. The van der Waals surface area contributed by atoms with Crippen LogP contribution in [0.2, 0.25) is 0 Å². The lowest BCUT2D eigenvalue weighted by atomic mass is 9.86. The monoisotopic (exact) mass is 472 g/mol. The Kier molecular flexibility index (Phi) is 8.35. The van der Waals surface area contributed by atoms with Crippen molar-refractivity contribution in [1.29, 1.82) is 0 Å². The van der Waals surface area contributed by atoms with Gasteiger partial charge in [0.1, 0.15) is 17.1 Å². The minimum Gasteiger partial charge on any atom is -0.496 e. The molecule has 0 spiro atoms. The van der Waals surface area contributed by atoms with Crippen LogP contribution < -0.4 is 9.47 Å². The van der Waals surface area contributed by atoms with E-state index >= 15 is 0 Å². The molecule has 0 heterocycles. The minimum absolute atomic E-state index is 0.00407. The summed E-state index contributed by atoms with van der Waals surface area (Å²) in [7, 11) is -1.20. The fourth-order valence-corrected chi connectivity index (χ4v) is 7.57. The summed E-state index contributed by atoms with van der Waals surface area (Å²) in [5, 5.41) is 0. The van der Waals surface area contributed by atoms with Gasteiger partial charge in [-0.25, -0.2) is 0 Å². The van der Waals surface area contributed by atoms with Gasteiger partial charge in [0, 0.05) is 11.7 Å². The Morgan fingerprint density at radius 1 is 0.909 bits per heavy atom. The maximum absolute atomic E-state index is 14.6. The molecule has 2 rings (SSSR count). The van der Waals surface area contributed by atoms with Crippen LogP contribution in [0.5, 0.6) is 11.5 Å². The number of ether oxygens (including phenoxy) is 2. The summed E-state index contributed by atoms with van der Waals surface area (Å²) in [5.74, 6) is 0.386. The van der Waals surface area contributed by atoms with E-state index in [-0.39, 0.29) is 34.6 Å². The highest BCUT2D eigenvalue weighted by Gasteiger charge is 2.45. The lowest BCUT2D eigenvalue weighted by Gasteiger charge is -2.27. The Bertz CT molecular complexity index is 1050. The highest BCUT2D eigenvalue weighted by atomic mass is 31.2. The number of benzene rings is 2. The van der Waals surface area contributed by atoms with Crippen LogP contribution >= 0.6 is 7.14 Å². The van der Waals surface area contributed by atoms with Crippen molar-refractivity contribution in [2.45, 2.75) is 54.9 Å². The van der Waals surface area contributed by atoms with Crippen LogP contribution in [0.4, 0.5) is 0 Å². The summed E-state index contributed by atoms with van der Waals surface area (Å²) in [6.45, 7) is 13.8. The third-order valence-electron chi connectivity index (χ3n) is 5.72. The molecule has 2 unspecified atom stereocenters. The summed E-state index contributed by atoms with van der Waals surface area (Å²) in [5.41, 5.74) is 1.56. The van der Waals surface area contributed by atoms with Crippen molar-refractivity contribution < 1.29 is 23.6 Å². The number of carbonyl (C=O) groups excluding carboxylic acids is 2. The van der Waals surface area contributed by atoms with Gasteiger partial charge in [0.05, 0.1) is 14.2 Å². The molecule has 2 aromatic carbocycles. The number of methoxy groups -OCH3 is 2. The second-order valence-corrected chi connectivity index (χ2v) is 12.9. The molecule has 5 nitrogen and oxygen atoms in total. The van der Waals surface area contributed by atoms with Gasteiger partial charge >= 0.3 is 0 Å². The highest BCUT2D eigenvalue weighted by Crippen LogP contribution is 2.57. The predicted octanol–water partition coefficient (Wildman–Crippen LogP) is 7.05. The lowest BCUT2D eigenvalue weighted by molar-refractivity contribution is 0.103. The van der Waals surface area contributed by atoms with Crippen LogP contribution in [0.15, 0.2) is 30.3 Å². The lowest BCUT2D eigenvalue weighted by Crippen LogP contribution is -2.22. The molecule has 0 aliphatic heterocycles. The maximum atomic E-state index is 14.6. The second kappa shape index (κ2) is 10.3. The van der Waals surface area contributed by atoms with Crippen LogP contribution in [0.3, 0.4) is 0 Å². The van der Waals surface area contributed by atoms with Crippen LogP contribution in [0, 0.1) is 32.1 Å². The predicted molar refractivity (Wildman–Crippen MR) is 135 cm³/mol. The van der Waals surface area contributed by atoms with Gasteiger partial charge in [-0.05, 0) is 61.8 Å². The van der Waals surface area contributed by atoms with E-state index in [0.29, 0.717) is 5.56 Å². The molecular formula is C27H37O5P. The van der Waals surface area contributed by atoms with Crippen molar-refractivity contribution in [3.8, 4) is 11.5 Å². The molecule has 0 amide bonds. The van der Waals surface area contributed by atoms with Crippen LogP contribution in [-0.2, 0) is 4.57 Å². The van der Waals surface area contributed by atoms with Crippen molar-refractivity contribution >= 4 is 18.2 Å². The standard InChI is InChI=1S/C27H37O5P/c1-17-13-19(3)23(20(4)14-17)25(28)33(30,16-18(2)15-27(5,6)7)26(29)24-21(31-8)11-10-12-22(24)32-9/h10-14,18H,15-16H2,1-9H3. The number of aryl methyl sites for hydroxylation is 3. The van der Waals surface area contributed by atoms with Gasteiger partial charge in [0.25, 0.3) is 0 Å². The van der Waals surface area contributed by atoms with Crippen LogP contribution in [0.1, 0.15) is 71.5 Å². The van der Waals surface area contributed by atoms with Crippen molar-refractivity contribution in [2.75, 3.05) is 20.4 Å². The molecule has 0 fully saturated rings. The molecule has 180 valence electrons. The van der Waals surface area contributed by atoms with E-state index in [1.807, 2.05) is 39.8 Å². The normalized spacial score (nSPS) is 14.3. The van der Waals surface area contributed by atoms with Gasteiger partial charge in [0.2, 0.25) is 18.2 Å². The third-order valence-corrected chi connectivity index (χ3v) is 8.62. The van der Waals surface area contributed by atoms with E-state index < -0.39 is 18.2 Å². The summed E-state index contributed by atoms with van der Waals surface area (Å²) in [6.07, 6.45) is 0.725. The molecule has 0 aliphatic rings. The zero-order chi connectivity index (χ0) is 25.1. The minimum atomic E-state index is -4.07. The number of hydrogen-bond donors (Lipinski definition) is 0. The molecule has 0 bridgehead atoms. The van der Waals surface area contributed by atoms with E-state index in [1.165, 1.54) is 14.2 Å². The smallest absolute Gasteiger partial charge is 0.236 e. The number of carbonyl (C=O) groups is 2.